The largest absolute Gasteiger partial charge is 0.466 e. The van der Waals surface area contributed by atoms with Crippen LogP contribution in [-0.4, -0.2) is 44.7 Å². The Bertz CT molecular complexity index is 1270. The van der Waals surface area contributed by atoms with E-state index < -0.39 is 5.97 Å². The molecule has 0 aromatic heterocycles. The number of allylic oxidation sites excluding steroid dienone is 3. The molecule has 0 saturated heterocycles. The lowest BCUT2D eigenvalue weighted by atomic mass is 9.87. The van der Waals surface area contributed by atoms with Gasteiger partial charge in [-0.1, -0.05) is 48.9 Å². The first kappa shape index (κ1) is 28.1. The molecule has 204 valence electrons. The van der Waals surface area contributed by atoms with Crippen LogP contribution in [0.3, 0.4) is 0 Å². The summed E-state index contributed by atoms with van der Waals surface area (Å²) in [5.74, 6) is 0.864. The second kappa shape index (κ2) is 12.7. The molecular weight excluding hydrogens is 486 g/mol. The van der Waals surface area contributed by atoms with Crippen molar-refractivity contribution in [1.82, 2.24) is 4.90 Å². The zero-order valence-corrected chi connectivity index (χ0v) is 23.5. The third kappa shape index (κ3) is 6.94. The summed E-state index contributed by atoms with van der Waals surface area (Å²) in [6, 6.07) is 16.9. The number of amides is 1. The van der Waals surface area contributed by atoms with Crippen LogP contribution in [0.15, 0.2) is 89.2 Å². The van der Waals surface area contributed by atoms with Gasteiger partial charge in [-0.25, -0.2) is 4.79 Å². The third-order valence-corrected chi connectivity index (χ3v) is 7.93. The summed E-state index contributed by atoms with van der Waals surface area (Å²) in [7, 11) is 5.41. The fraction of sp³-hybridized carbons (Fsp3) is 0.364. The number of benzene rings is 2. The Morgan fingerprint density at radius 1 is 1.00 bits per heavy atom. The predicted octanol–water partition coefficient (Wildman–Crippen LogP) is 6.40. The van der Waals surface area contributed by atoms with Crippen molar-refractivity contribution in [1.29, 1.82) is 0 Å². The summed E-state index contributed by atoms with van der Waals surface area (Å²) in [5.41, 5.74) is 5.93. The Hall–Kier alpha value is -3.93. The first-order chi connectivity index (χ1) is 18.8. The SMILES string of the molecule is C=N\C=C(/C=C(C)/C=C/C(=O)OC)N(Cc1ccc(-c2ccc(N(C)C)cc2)cc1)C(=O)[C@@H]1C[C@@H]2CC[C@H]1C2. The van der Waals surface area contributed by atoms with Crippen LogP contribution in [0.4, 0.5) is 5.69 Å². The highest BCUT2D eigenvalue weighted by Gasteiger charge is 2.44. The number of esters is 1. The molecule has 2 aromatic rings. The second-order valence-electron chi connectivity index (χ2n) is 10.8. The maximum atomic E-state index is 14.0. The van der Waals surface area contributed by atoms with Crippen molar-refractivity contribution in [2.45, 2.75) is 39.2 Å². The molecule has 6 nitrogen and oxygen atoms in total. The molecule has 0 heterocycles. The van der Waals surface area contributed by atoms with Crippen molar-refractivity contribution >= 4 is 24.3 Å². The number of rotatable bonds is 10. The van der Waals surface area contributed by atoms with Crippen molar-refractivity contribution in [3.05, 3.63) is 89.8 Å². The van der Waals surface area contributed by atoms with Gasteiger partial charge in [0.25, 0.3) is 0 Å². The number of hydrogen-bond acceptors (Lipinski definition) is 5. The highest BCUT2D eigenvalue weighted by molar-refractivity contribution is 5.83. The molecule has 0 unspecified atom stereocenters. The quantitative estimate of drug-likeness (QED) is 0.156. The number of aliphatic imine (C=N–C) groups is 1. The van der Waals surface area contributed by atoms with Crippen LogP contribution >= 0.6 is 0 Å². The molecule has 2 aliphatic carbocycles. The van der Waals surface area contributed by atoms with E-state index in [0.717, 1.165) is 47.2 Å². The molecule has 2 fully saturated rings. The van der Waals surface area contributed by atoms with Crippen molar-refractivity contribution in [2.24, 2.45) is 22.7 Å². The molecular formula is C33H39N3O3. The number of carbonyl (C=O) groups excluding carboxylic acids is 2. The van der Waals surface area contributed by atoms with E-state index in [0.29, 0.717) is 24.1 Å². The fourth-order valence-electron chi connectivity index (χ4n) is 5.81. The van der Waals surface area contributed by atoms with E-state index in [9.17, 15) is 9.59 Å². The maximum absolute atomic E-state index is 14.0. The molecule has 6 heteroatoms. The average Bonchev–Trinajstić information content (AvgIpc) is 3.59. The smallest absolute Gasteiger partial charge is 0.330 e. The topological polar surface area (TPSA) is 62.2 Å². The van der Waals surface area contributed by atoms with Gasteiger partial charge in [0.15, 0.2) is 0 Å². The Morgan fingerprint density at radius 2 is 1.67 bits per heavy atom. The minimum atomic E-state index is -0.429. The van der Waals surface area contributed by atoms with Gasteiger partial charge < -0.3 is 14.5 Å². The molecule has 1 amide bonds. The molecule has 0 spiro atoms. The Labute approximate surface area is 232 Å². The third-order valence-electron chi connectivity index (χ3n) is 7.93. The molecule has 0 N–H and O–H groups in total. The number of anilines is 1. The second-order valence-corrected chi connectivity index (χ2v) is 10.8. The number of hydrogen-bond donors (Lipinski definition) is 0. The van der Waals surface area contributed by atoms with Gasteiger partial charge >= 0.3 is 5.97 Å². The zero-order valence-electron chi connectivity index (χ0n) is 23.5. The lowest BCUT2D eigenvalue weighted by molar-refractivity contribution is -0.136. The minimum Gasteiger partial charge on any atom is -0.466 e. The van der Waals surface area contributed by atoms with Crippen LogP contribution in [0.2, 0.25) is 0 Å². The lowest BCUT2D eigenvalue weighted by Crippen LogP contribution is -2.37. The van der Waals surface area contributed by atoms with Crippen LogP contribution < -0.4 is 4.90 Å². The Balaban J connectivity index is 1.61. The van der Waals surface area contributed by atoms with Crippen LogP contribution in [0, 0.1) is 17.8 Å². The van der Waals surface area contributed by atoms with Crippen LogP contribution in [-0.2, 0) is 20.9 Å². The van der Waals surface area contributed by atoms with Gasteiger partial charge in [0.1, 0.15) is 0 Å². The molecule has 0 radical (unpaired) electrons. The van der Waals surface area contributed by atoms with Gasteiger partial charge in [0.2, 0.25) is 5.91 Å². The molecule has 3 atom stereocenters. The molecule has 2 bridgehead atoms. The first-order valence-electron chi connectivity index (χ1n) is 13.6. The molecule has 2 aromatic carbocycles. The number of fused-ring (bicyclic) bond motifs is 2. The van der Waals surface area contributed by atoms with E-state index in [1.165, 1.54) is 19.6 Å². The van der Waals surface area contributed by atoms with Gasteiger partial charge in [-0.05, 0) is 85.2 Å². The summed E-state index contributed by atoms with van der Waals surface area (Å²) in [6.45, 7) is 5.96. The van der Waals surface area contributed by atoms with Gasteiger partial charge in [-0.3, -0.25) is 9.79 Å². The van der Waals surface area contributed by atoms with Crippen LogP contribution in [0.5, 0.6) is 0 Å². The van der Waals surface area contributed by atoms with Gasteiger partial charge in [-0.15, -0.1) is 0 Å². The molecule has 4 rings (SSSR count). The summed E-state index contributed by atoms with van der Waals surface area (Å²) in [4.78, 5) is 33.6. The Morgan fingerprint density at radius 3 is 2.21 bits per heavy atom. The molecule has 39 heavy (non-hydrogen) atoms. The number of carbonyl (C=O) groups is 2. The molecule has 2 saturated carbocycles. The predicted molar refractivity (Wildman–Crippen MR) is 158 cm³/mol. The van der Waals surface area contributed by atoms with E-state index in [1.54, 1.807) is 12.3 Å². The van der Waals surface area contributed by atoms with E-state index in [2.05, 4.69) is 65.1 Å². The van der Waals surface area contributed by atoms with Crippen molar-refractivity contribution in [3.63, 3.8) is 0 Å². The van der Waals surface area contributed by atoms with Gasteiger partial charge in [0.05, 0.1) is 19.4 Å². The summed E-state index contributed by atoms with van der Waals surface area (Å²) >= 11 is 0. The maximum Gasteiger partial charge on any atom is 0.330 e. The van der Waals surface area contributed by atoms with Crippen molar-refractivity contribution in [3.8, 4) is 11.1 Å². The Kier molecular flexibility index (Phi) is 9.18. The monoisotopic (exact) mass is 525 g/mol. The van der Waals surface area contributed by atoms with Crippen LogP contribution in [0.25, 0.3) is 11.1 Å². The zero-order chi connectivity index (χ0) is 27.9. The lowest BCUT2D eigenvalue weighted by Gasteiger charge is -2.30. The number of methoxy groups -OCH3 is 1. The standard InChI is InChI=1S/C33H39N3O3/c1-23(6-17-32(37)39-5)18-30(21-34-2)36(33(38)31-20-25-9-12-28(31)19-25)22-24-7-10-26(11-8-24)27-13-15-29(16-14-27)35(3)4/h6-8,10-11,13-18,21,25,28,31H,2,9,12,19-20,22H2,1,3-5H3/b17-6+,23-18+,30-21+/t25-,28+,31-/m1/s1. The fourth-order valence-corrected chi connectivity index (χ4v) is 5.81. The minimum absolute atomic E-state index is 0.0331. The molecule has 0 aliphatic heterocycles. The number of ether oxygens (including phenoxy) is 1. The normalized spacial score (nSPS) is 20.8. The van der Waals surface area contributed by atoms with E-state index in [1.807, 2.05) is 32.0 Å². The van der Waals surface area contributed by atoms with Gasteiger partial charge in [-0.2, -0.15) is 0 Å². The van der Waals surface area contributed by atoms with Crippen molar-refractivity contribution in [2.75, 3.05) is 26.1 Å². The molecule has 2 aliphatic rings. The number of nitrogens with zero attached hydrogens (tertiary/aromatic N) is 3. The summed E-state index contributed by atoms with van der Waals surface area (Å²) < 4.78 is 4.71. The van der Waals surface area contributed by atoms with E-state index in [-0.39, 0.29) is 11.8 Å². The highest BCUT2D eigenvalue weighted by atomic mass is 16.5. The highest BCUT2D eigenvalue weighted by Crippen LogP contribution is 2.49. The van der Waals surface area contributed by atoms with E-state index in [4.69, 9.17) is 4.74 Å². The van der Waals surface area contributed by atoms with Crippen LogP contribution in [0.1, 0.15) is 38.2 Å². The summed E-state index contributed by atoms with van der Waals surface area (Å²) in [5, 5.41) is 0. The average molecular weight is 526 g/mol. The van der Waals surface area contributed by atoms with Crippen molar-refractivity contribution < 1.29 is 14.3 Å². The first-order valence-corrected chi connectivity index (χ1v) is 13.6. The summed E-state index contributed by atoms with van der Waals surface area (Å²) in [6.07, 6.45) is 11.0. The van der Waals surface area contributed by atoms with Gasteiger partial charge in [0, 0.05) is 38.0 Å². The van der Waals surface area contributed by atoms with E-state index >= 15 is 0 Å².